The molecule has 0 aliphatic carbocycles. The summed E-state index contributed by atoms with van der Waals surface area (Å²) in [7, 11) is 0. The Morgan fingerprint density at radius 3 is 2.71 bits per heavy atom. The van der Waals surface area contributed by atoms with Gasteiger partial charge in [-0.3, -0.25) is 4.79 Å². The van der Waals surface area contributed by atoms with Gasteiger partial charge in [0.25, 0.3) is 5.91 Å². The van der Waals surface area contributed by atoms with Gasteiger partial charge in [0, 0.05) is 37.2 Å². The van der Waals surface area contributed by atoms with Gasteiger partial charge < -0.3 is 14.9 Å². The normalized spacial score (nSPS) is 25.2. The number of hydrogen-bond donors (Lipinski definition) is 1. The summed E-state index contributed by atoms with van der Waals surface area (Å²) in [4.78, 5) is 25.2. The molecular weight excluding hydrogens is 359 g/mol. The van der Waals surface area contributed by atoms with Crippen LogP contribution in [0, 0.1) is 18.2 Å². The number of likely N-dealkylation sites (tertiary alicyclic amines) is 1. The molecule has 2 atom stereocenters. The second-order valence-corrected chi connectivity index (χ2v) is 7.93. The number of aliphatic hydroxyl groups excluding tert-OH is 1. The highest BCUT2D eigenvalue weighted by Gasteiger charge is 2.47. The third-order valence-corrected chi connectivity index (χ3v) is 6.05. The van der Waals surface area contributed by atoms with Gasteiger partial charge in [-0.05, 0) is 37.8 Å². The second kappa shape index (κ2) is 7.47. The third-order valence-electron chi connectivity index (χ3n) is 6.05. The smallest absolute Gasteiger partial charge is 0.254 e. The van der Waals surface area contributed by atoms with Crippen LogP contribution < -0.4 is 4.90 Å². The molecule has 0 saturated carbocycles. The number of benzene rings is 1. The predicted molar refractivity (Wildman–Crippen MR) is 104 cm³/mol. The number of carbonyl (C=O) groups is 1. The van der Waals surface area contributed by atoms with Gasteiger partial charge in [-0.15, -0.1) is 0 Å². The molecule has 2 aliphatic heterocycles. The zero-order valence-corrected chi connectivity index (χ0v) is 16.0. The fraction of sp³-hybridized carbons (Fsp3) is 0.476. The highest BCUT2D eigenvalue weighted by atomic mass is 19.1. The number of carbonyl (C=O) groups excluding carboxylic acids is 1. The van der Waals surface area contributed by atoms with Crippen molar-refractivity contribution in [1.29, 1.82) is 0 Å². The SMILES string of the molecule is Cc1ccccc1C(=O)N1CCC[C@]2(C1)CN(c1ncc(F)cn1)CC[C@H]2O. The first-order chi connectivity index (χ1) is 13.5. The van der Waals surface area contributed by atoms with E-state index in [1.807, 2.05) is 41.0 Å². The van der Waals surface area contributed by atoms with Crippen LogP contribution in [0.15, 0.2) is 36.7 Å². The van der Waals surface area contributed by atoms with E-state index in [0.717, 1.165) is 30.8 Å². The highest BCUT2D eigenvalue weighted by molar-refractivity contribution is 5.95. The Labute approximate surface area is 164 Å². The van der Waals surface area contributed by atoms with Crippen LogP contribution in [0.4, 0.5) is 10.3 Å². The molecule has 1 aromatic carbocycles. The number of aromatic nitrogens is 2. The summed E-state index contributed by atoms with van der Waals surface area (Å²) in [6, 6.07) is 7.60. The van der Waals surface area contributed by atoms with Gasteiger partial charge in [0.2, 0.25) is 5.95 Å². The number of aliphatic hydroxyl groups is 1. The molecule has 1 spiro atoms. The Hall–Kier alpha value is -2.54. The summed E-state index contributed by atoms with van der Waals surface area (Å²) in [6.07, 6.45) is 4.09. The van der Waals surface area contributed by atoms with Crippen LogP contribution in [0.1, 0.15) is 35.2 Å². The lowest BCUT2D eigenvalue weighted by molar-refractivity contribution is -0.0364. The van der Waals surface area contributed by atoms with E-state index in [1.54, 1.807) is 0 Å². The number of rotatable bonds is 2. The van der Waals surface area contributed by atoms with Crippen LogP contribution in [0.2, 0.25) is 0 Å². The molecule has 0 unspecified atom stereocenters. The van der Waals surface area contributed by atoms with E-state index in [0.29, 0.717) is 44.1 Å². The molecule has 1 N–H and O–H groups in total. The van der Waals surface area contributed by atoms with E-state index >= 15 is 0 Å². The van der Waals surface area contributed by atoms with Crippen LogP contribution in [0.25, 0.3) is 0 Å². The molecule has 28 heavy (non-hydrogen) atoms. The Kier molecular flexibility index (Phi) is 5.02. The molecule has 2 aromatic rings. The maximum absolute atomic E-state index is 13.2. The Morgan fingerprint density at radius 1 is 1.21 bits per heavy atom. The van der Waals surface area contributed by atoms with Crippen molar-refractivity contribution >= 4 is 11.9 Å². The van der Waals surface area contributed by atoms with E-state index in [4.69, 9.17) is 0 Å². The van der Waals surface area contributed by atoms with Crippen molar-refractivity contribution < 1.29 is 14.3 Å². The first kappa shape index (κ1) is 18.8. The average Bonchev–Trinajstić information content (AvgIpc) is 2.71. The minimum Gasteiger partial charge on any atom is -0.392 e. The lowest BCUT2D eigenvalue weighted by atomic mass is 9.71. The van der Waals surface area contributed by atoms with Gasteiger partial charge in [0.15, 0.2) is 5.82 Å². The van der Waals surface area contributed by atoms with Crippen molar-refractivity contribution in [3.63, 3.8) is 0 Å². The van der Waals surface area contributed by atoms with Crippen molar-refractivity contribution in [1.82, 2.24) is 14.9 Å². The van der Waals surface area contributed by atoms with Gasteiger partial charge in [0.05, 0.1) is 18.5 Å². The molecule has 6 nitrogen and oxygen atoms in total. The van der Waals surface area contributed by atoms with Crippen LogP contribution in [0.3, 0.4) is 0 Å². The summed E-state index contributed by atoms with van der Waals surface area (Å²) < 4.78 is 13.2. The zero-order valence-electron chi connectivity index (χ0n) is 16.0. The van der Waals surface area contributed by atoms with Crippen molar-refractivity contribution in [3.8, 4) is 0 Å². The number of anilines is 1. The number of piperidine rings is 2. The molecule has 2 aliphatic rings. The molecule has 0 radical (unpaired) electrons. The number of nitrogens with zero attached hydrogens (tertiary/aromatic N) is 4. The summed E-state index contributed by atoms with van der Waals surface area (Å²) in [6.45, 7) is 4.29. The summed E-state index contributed by atoms with van der Waals surface area (Å²) in [5.41, 5.74) is 1.24. The molecule has 2 saturated heterocycles. The number of aryl methyl sites for hydroxylation is 1. The molecule has 7 heteroatoms. The molecule has 1 aromatic heterocycles. The summed E-state index contributed by atoms with van der Waals surface area (Å²) in [5.74, 6) is 0.0118. The fourth-order valence-electron chi connectivity index (χ4n) is 4.51. The molecule has 0 bridgehead atoms. The largest absolute Gasteiger partial charge is 0.392 e. The van der Waals surface area contributed by atoms with Crippen molar-refractivity contribution in [3.05, 3.63) is 53.6 Å². The topological polar surface area (TPSA) is 69.6 Å². The molecule has 148 valence electrons. The monoisotopic (exact) mass is 384 g/mol. The predicted octanol–water partition coefficient (Wildman–Crippen LogP) is 2.42. The Morgan fingerprint density at radius 2 is 1.96 bits per heavy atom. The van der Waals surface area contributed by atoms with Gasteiger partial charge in [-0.2, -0.15) is 0 Å². The van der Waals surface area contributed by atoms with Gasteiger partial charge in [-0.25, -0.2) is 14.4 Å². The van der Waals surface area contributed by atoms with Gasteiger partial charge in [0.1, 0.15) is 0 Å². The lowest BCUT2D eigenvalue weighted by Gasteiger charge is -2.51. The van der Waals surface area contributed by atoms with E-state index in [9.17, 15) is 14.3 Å². The highest BCUT2D eigenvalue weighted by Crippen LogP contribution is 2.40. The maximum Gasteiger partial charge on any atom is 0.254 e. The third kappa shape index (κ3) is 3.46. The van der Waals surface area contributed by atoms with E-state index in [2.05, 4.69) is 9.97 Å². The van der Waals surface area contributed by atoms with Crippen molar-refractivity contribution in [2.75, 3.05) is 31.1 Å². The summed E-state index contributed by atoms with van der Waals surface area (Å²) >= 11 is 0. The van der Waals surface area contributed by atoms with Crippen LogP contribution in [0.5, 0.6) is 0 Å². The lowest BCUT2D eigenvalue weighted by Crippen LogP contribution is -2.60. The minimum atomic E-state index is -0.489. The average molecular weight is 384 g/mol. The van der Waals surface area contributed by atoms with Crippen molar-refractivity contribution in [2.45, 2.75) is 32.3 Å². The van der Waals surface area contributed by atoms with E-state index in [1.165, 1.54) is 0 Å². The Bertz CT molecular complexity index is 860. The van der Waals surface area contributed by atoms with Crippen LogP contribution in [-0.2, 0) is 0 Å². The number of amides is 1. The first-order valence-electron chi connectivity index (χ1n) is 9.74. The fourth-order valence-corrected chi connectivity index (χ4v) is 4.51. The standard InChI is InChI=1S/C21H25FN4O2/c1-15-5-2-3-6-17(15)19(28)25-9-4-8-21(13-25)14-26(10-7-18(21)27)20-23-11-16(22)12-24-20/h2-3,5-6,11-12,18,27H,4,7-10,13-14H2,1H3/t18-,21+/m1/s1. The molecule has 2 fully saturated rings. The van der Waals surface area contributed by atoms with Gasteiger partial charge >= 0.3 is 0 Å². The van der Waals surface area contributed by atoms with E-state index < -0.39 is 17.3 Å². The van der Waals surface area contributed by atoms with Crippen LogP contribution in [-0.4, -0.2) is 58.2 Å². The summed E-state index contributed by atoms with van der Waals surface area (Å²) in [5, 5.41) is 10.9. The Balaban J connectivity index is 1.56. The van der Waals surface area contributed by atoms with Crippen molar-refractivity contribution in [2.24, 2.45) is 5.41 Å². The van der Waals surface area contributed by atoms with Crippen LogP contribution >= 0.6 is 0 Å². The number of hydrogen-bond acceptors (Lipinski definition) is 5. The number of halogens is 1. The molecule has 3 heterocycles. The maximum atomic E-state index is 13.2. The quantitative estimate of drug-likeness (QED) is 0.861. The zero-order chi connectivity index (χ0) is 19.7. The molecular formula is C21H25FN4O2. The molecule has 4 rings (SSSR count). The minimum absolute atomic E-state index is 0.0135. The molecule has 1 amide bonds. The second-order valence-electron chi connectivity index (χ2n) is 7.93. The van der Waals surface area contributed by atoms with Gasteiger partial charge in [-0.1, -0.05) is 18.2 Å². The first-order valence-corrected chi connectivity index (χ1v) is 9.74. The van der Waals surface area contributed by atoms with E-state index in [-0.39, 0.29) is 5.91 Å².